The summed E-state index contributed by atoms with van der Waals surface area (Å²) in [5, 5.41) is 10.3. The van der Waals surface area contributed by atoms with Gasteiger partial charge in [0.15, 0.2) is 6.17 Å². The second-order valence-electron chi connectivity index (χ2n) is 5.60. The van der Waals surface area contributed by atoms with E-state index in [1.165, 1.54) is 7.11 Å². The third-order valence-electron chi connectivity index (χ3n) is 3.86. The van der Waals surface area contributed by atoms with Crippen LogP contribution < -0.4 is 0 Å². The molecule has 6 heteroatoms. The Balaban J connectivity index is 1.66. The second kappa shape index (κ2) is 7.59. The summed E-state index contributed by atoms with van der Waals surface area (Å²) in [6.45, 7) is 1.66. The van der Waals surface area contributed by atoms with E-state index in [-0.39, 0.29) is 6.17 Å². The topological polar surface area (TPSA) is 57.5 Å². The minimum Gasteiger partial charge on any atom is -0.453 e. The van der Waals surface area contributed by atoms with Crippen molar-refractivity contribution in [1.29, 1.82) is 0 Å². The number of hydrogen-bond acceptors (Lipinski definition) is 5. The summed E-state index contributed by atoms with van der Waals surface area (Å²) in [6.07, 6.45) is -0.745. The van der Waals surface area contributed by atoms with Gasteiger partial charge in [-0.2, -0.15) is 0 Å². The standard InChI is InChI=1S/C18H20N4O2/c1-24-18(23)22(13-16-10-6-3-7-11-16)17-14-21(20-19-17)12-15-8-4-2-5-9-15/h2-11,17H,12-14H2,1H3. The lowest BCUT2D eigenvalue weighted by Crippen LogP contribution is -2.41. The molecule has 0 spiro atoms. The number of nitrogens with zero attached hydrogens (tertiary/aromatic N) is 4. The van der Waals surface area contributed by atoms with E-state index in [0.717, 1.165) is 11.1 Å². The number of hydrogen-bond donors (Lipinski definition) is 0. The van der Waals surface area contributed by atoms with E-state index in [0.29, 0.717) is 19.6 Å². The van der Waals surface area contributed by atoms with Gasteiger partial charge >= 0.3 is 6.09 Å². The Morgan fingerprint density at radius 2 is 1.75 bits per heavy atom. The number of ether oxygens (including phenoxy) is 1. The number of methoxy groups -OCH3 is 1. The molecule has 0 radical (unpaired) electrons. The SMILES string of the molecule is COC(=O)N(Cc1ccccc1)C1CN(Cc2ccccc2)N=N1. The van der Waals surface area contributed by atoms with Crippen molar-refractivity contribution in [3.05, 3.63) is 71.8 Å². The average molecular weight is 324 g/mol. The molecule has 1 amide bonds. The molecule has 0 saturated carbocycles. The lowest BCUT2D eigenvalue weighted by molar-refractivity contribution is 0.0997. The van der Waals surface area contributed by atoms with Crippen LogP contribution in [0, 0.1) is 0 Å². The summed E-state index contributed by atoms with van der Waals surface area (Å²) in [6, 6.07) is 19.9. The summed E-state index contributed by atoms with van der Waals surface area (Å²) in [7, 11) is 1.38. The van der Waals surface area contributed by atoms with Crippen molar-refractivity contribution in [2.75, 3.05) is 13.7 Å². The fourth-order valence-electron chi connectivity index (χ4n) is 2.63. The van der Waals surface area contributed by atoms with Gasteiger partial charge in [-0.25, -0.2) is 4.79 Å². The molecule has 0 fully saturated rings. The first-order chi connectivity index (χ1) is 11.8. The maximum Gasteiger partial charge on any atom is 0.411 e. The van der Waals surface area contributed by atoms with Gasteiger partial charge in [-0.3, -0.25) is 9.91 Å². The molecule has 0 N–H and O–H groups in total. The van der Waals surface area contributed by atoms with Crippen molar-refractivity contribution >= 4 is 6.09 Å². The van der Waals surface area contributed by atoms with Crippen molar-refractivity contribution in [3.63, 3.8) is 0 Å². The van der Waals surface area contributed by atoms with Crippen LogP contribution in [0.1, 0.15) is 11.1 Å². The van der Waals surface area contributed by atoms with Crippen LogP contribution >= 0.6 is 0 Å². The van der Waals surface area contributed by atoms with Crippen LogP contribution in [0.2, 0.25) is 0 Å². The van der Waals surface area contributed by atoms with Gasteiger partial charge in [0.05, 0.1) is 26.7 Å². The van der Waals surface area contributed by atoms with Crippen LogP contribution in [0.5, 0.6) is 0 Å². The molecule has 0 aromatic heterocycles. The molecular weight excluding hydrogens is 304 g/mol. The molecule has 1 aliphatic heterocycles. The molecule has 0 saturated heterocycles. The summed E-state index contributed by atoms with van der Waals surface area (Å²) >= 11 is 0. The summed E-state index contributed by atoms with van der Waals surface area (Å²) in [5.41, 5.74) is 2.18. The third kappa shape index (κ3) is 3.90. The quantitative estimate of drug-likeness (QED) is 0.846. The number of carbonyl (C=O) groups is 1. The maximum atomic E-state index is 12.2. The van der Waals surface area contributed by atoms with Gasteiger partial charge in [0.2, 0.25) is 0 Å². The summed E-state index contributed by atoms with van der Waals surface area (Å²) < 4.78 is 4.92. The fourth-order valence-corrected chi connectivity index (χ4v) is 2.63. The van der Waals surface area contributed by atoms with Gasteiger partial charge in [0.25, 0.3) is 0 Å². The van der Waals surface area contributed by atoms with E-state index in [2.05, 4.69) is 10.3 Å². The van der Waals surface area contributed by atoms with Gasteiger partial charge < -0.3 is 4.74 Å². The van der Waals surface area contributed by atoms with Gasteiger partial charge in [0, 0.05) is 0 Å². The molecule has 2 aromatic rings. The maximum absolute atomic E-state index is 12.2. The first-order valence-electron chi connectivity index (χ1n) is 7.84. The first-order valence-corrected chi connectivity index (χ1v) is 7.84. The average Bonchev–Trinajstić information content (AvgIpc) is 3.09. The highest BCUT2D eigenvalue weighted by molar-refractivity contribution is 5.68. The number of amides is 1. The molecule has 0 aliphatic carbocycles. The molecule has 24 heavy (non-hydrogen) atoms. The van der Waals surface area contributed by atoms with Crippen LogP contribution in [0.4, 0.5) is 4.79 Å². The van der Waals surface area contributed by atoms with Crippen LogP contribution in [0.15, 0.2) is 71.0 Å². The van der Waals surface area contributed by atoms with Crippen LogP contribution in [-0.2, 0) is 17.8 Å². The molecule has 1 heterocycles. The molecular formula is C18H20N4O2. The van der Waals surface area contributed by atoms with Crippen molar-refractivity contribution in [3.8, 4) is 0 Å². The van der Waals surface area contributed by atoms with E-state index in [9.17, 15) is 4.79 Å². The Morgan fingerprint density at radius 3 is 2.38 bits per heavy atom. The molecule has 1 unspecified atom stereocenters. The lowest BCUT2D eigenvalue weighted by atomic mass is 10.2. The Bertz CT molecular complexity index is 691. The molecule has 1 aliphatic rings. The predicted molar refractivity (Wildman–Crippen MR) is 89.9 cm³/mol. The zero-order valence-corrected chi connectivity index (χ0v) is 13.6. The molecule has 3 rings (SSSR count). The molecule has 2 aromatic carbocycles. The van der Waals surface area contributed by atoms with Gasteiger partial charge in [0.1, 0.15) is 0 Å². The zero-order chi connectivity index (χ0) is 16.8. The van der Waals surface area contributed by atoms with Gasteiger partial charge in [-0.1, -0.05) is 65.9 Å². The molecule has 1 atom stereocenters. The lowest BCUT2D eigenvalue weighted by Gasteiger charge is -2.25. The van der Waals surface area contributed by atoms with Crippen LogP contribution in [0.3, 0.4) is 0 Å². The van der Waals surface area contributed by atoms with E-state index < -0.39 is 6.09 Å². The highest BCUT2D eigenvalue weighted by Crippen LogP contribution is 2.19. The summed E-state index contributed by atoms with van der Waals surface area (Å²) in [5.74, 6) is 0. The minimum absolute atomic E-state index is 0.346. The normalized spacial score (nSPS) is 16.2. The molecule has 124 valence electrons. The van der Waals surface area contributed by atoms with E-state index in [4.69, 9.17) is 4.74 Å². The Labute approximate surface area is 141 Å². The molecule has 6 nitrogen and oxygen atoms in total. The largest absolute Gasteiger partial charge is 0.453 e. The zero-order valence-electron chi connectivity index (χ0n) is 13.6. The smallest absolute Gasteiger partial charge is 0.411 e. The van der Waals surface area contributed by atoms with Crippen LogP contribution in [-0.4, -0.2) is 35.8 Å². The predicted octanol–water partition coefficient (Wildman–Crippen LogP) is 3.46. The Hall–Kier alpha value is -2.89. The Kier molecular flexibility index (Phi) is 5.05. The van der Waals surface area contributed by atoms with Gasteiger partial charge in [-0.05, 0) is 11.1 Å². The molecule has 0 bridgehead atoms. The minimum atomic E-state index is -0.399. The number of benzene rings is 2. The van der Waals surface area contributed by atoms with Crippen molar-refractivity contribution < 1.29 is 9.53 Å². The highest BCUT2D eigenvalue weighted by atomic mass is 16.5. The first kappa shape index (κ1) is 16.0. The second-order valence-corrected chi connectivity index (χ2v) is 5.60. The van der Waals surface area contributed by atoms with Crippen molar-refractivity contribution in [1.82, 2.24) is 9.91 Å². The third-order valence-corrected chi connectivity index (χ3v) is 3.86. The van der Waals surface area contributed by atoms with Gasteiger partial charge in [-0.15, -0.1) is 5.11 Å². The number of rotatable bonds is 5. The van der Waals surface area contributed by atoms with Crippen molar-refractivity contribution in [2.24, 2.45) is 10.3 Å². The van der Waals surface area contributed by atoms with Crippen molar-refractivity contribution in [2.45, 2.75) is 19.3 Å². The monoisotopic (exact) mass is 324 g/mol. The van der Waals surface area contributed by atoms with E-state index in [1.807, 2.05) is 65.7 Å². The van der Waals surface area contributed by atoms with Crippen LogP contribution in [0.25, 0.3) is 0 Å². The van der Waals surface area contributed by atoms with E-state index in [1.54, 1.807) is 4.90 Å². The number of carbonyl (C=O) groups excluding carboxylic acids is 1. The highest BCUT2D eigenvalue weighted by Gasteiger charge is 2.30. The summed E-state index contributed by atoms with van der Waals surface area (Å²) in [4.78, 5) is 13.8. The van der Waals surface area contributed by atoms with E-state index >= 15 is 0 Å². The fraction of sp³-hybridized carbons (Fsp3) is 0.278. The Morgan fingerprint density at radius 1 is 1.12 bits per heavy atom.